The van der Waals surface area contributed by atoms with Gasteiger partial charge in [-0.15, -0.1) is 0 Å². The van der Waals surface area contributed by atoms with Crippen LogP contribution in [0.25, 0.3) is 0 Å². The Morgan fingerprint density at radius 2 is 1.48 bits per heavy atom. The average Bonchev–Trinajstić information content (AvgIpc) is 2.50. The summed E-state index contributed by atoms with van der Waals surface area (Å²) in [6, 6.07) is 8.65. The summed E-state index contributed by atoms with van der Waals surface area (Å²) < 4.78 is 24.0. The van der Waals surface area contributed by atoms with Crippen LogP contribution in [0.5, 0.6) is 0 Å². The van der Waals surface area contributed by atoms with Gasteiger partial charge in [0, 0.05) is 0 Å². The van der Waals surface area contributed by atoms with Crippen molar-refractivity contribution in [2.75, 3.05) is 5.75 Å². The van der Waals surface area contributed by atoms with E-state index in [-0.39, 0.29) is 5.75 Å². The molecule has 1 aromatic carbocycles. The van der Waals surface area contributed by atoms with E-state index in [1.807, 2.05) is 12.1 Å². The van der Waals surface area contributed by atoms with E-state index < -0.39 is 9.84 Å². The molecule has 0 bridgehead atoms. The van der Waals surface area contributed by atoms with Gasteiger partial charge in [-0.25, -0.2) is 8.42 Å². The number of allylic oxidation sites excluding steroid dienone is 1. The van der Waals surface area contributed by atoms with Crippen molar-refractivity contribution in [3.63, 3.8) is 0 Å². The fraction of sp³-hybridized carbons (Fsp3) is 0.556. The second kappa shape index (κ2) is 10.6. The standard InChI is InChI=1S/C18H28O2S/c1-2-3-4-5-6-7-8-9-10-14-17-21(19,20)18-15-12-11-13-16-18/h10-16H,2-9,17H2,1H3/b14-10+. The lowest BCUT2D eigenvalue weighted by Gasteiger charge is -2.01. The van der Waals surface area contributed by atoms with Crippen molar-refractivity contribution in [3.8, 4) is 0 Å². The summed E-state index contributed by atoms with van der Waals surface area (Å²) >= 11 is 0. The van der Waals surface area contributed by atoms with Crippen LogP contribution in [0.4, 0.5) is 0 Å². The van der Waals surface area contributed by atoms with Gasteiger partial charge in [-0.3, -0.25) is 0 Å². The third kappa shape index (κ3) is 8.05. The second-order valence-electron chi connectivity index (χ2n) is 5.48. The third-order valence-corrected chi connectivity index (χ3v) is 5.18. The van der Waals surface area contributed by atoms with Gasteiger partial charge in [0.25, 0.3) is 0 Å². The predicted molar refractivity (Wildman–Crippen MR) is 90.2 cm³/mol. The molecule has 0 saturated carbocycles. The van der Waals surface area contributed by atoms with Gasteiger partial charge in [0.15, 0.2) is 9.84 Å². The molecule has 0 N–H and O–H groups in total. The fourth-order valence-corrected chi connectivity index (χ4v) is 3.41. The molecular formula is C18H28O2S. The van der Waals surface area contributed by atoms with Gasteiger partial charge in [-0.05, 0) is 25.0 Å². The Kier molecular flexibility index (Phi) is 9.07. The Bertz CT molecular complexity index is 489. The minimum absolute atomic E-state index is 0.105. The number of unbranched alkanes of at least 4 members (excludes halogenated alkanes) is 7. The van der Waals surface area contributed by atoms with E-state index in [1.54, 1.807) is 30.3 Å². The van der Waals surface area contributed by atoms with Crippen molar-refractivity contribution < 1.29 is 8.42 Å². The highest BCUT2D eigenvalue weighted by Crippen LogP contribution is 2.11. The van der Waals surface area contributed by atoms with Gasteiger partial charge < -0.3 is 0 Å². The maximum absolute atomic E-state index is 12.0. The van der Waals surface area contributed by atoms with Gasteiger partial charge in [0.1, 0.15) is 0 Å². The Morgan fingerprint density at radius 3 is 2.14 bits per heavy atom. The molecule has 0 unspecified atom stereocenters. The highest BCUT2D eigenvalue weighted by molar-refractivity contribution is 7.91. The number of benzene rings is 1. The van der Waals surface area contributed by atoms with Crippen LogP contribution in [0.15, 0.2) is 47.4 Å². The van der Waals surface area contributed by atoms with Gasteiger partial charge in [-0.1, -0.05) is 75.8 Å². The first kappa shape index (κ1) is 18.0. The van der Waals surface area contributed by atoms with Crippen LogP contribution >= 0.6 is 0 Å². The van der Waals surface area contributed by atoms with E-state index in [0.29, 0.717) is 4.90 Å². The maximum atomic E-state index is 12.0. The molecule has 0 fully saturated rings. The molecule has 0 aliphatic carbocycles. The molecule has 2 nitrogen and oxygen atoms in total. The van der Waals surface area contributed by atoms with E-state index in [9.17, 15) is 8.42 Å². The van der Waals surface area contributed by atoms with Crippen molar-refractivity contribution in [1.29, 1.82) is 0 Å². The van der Waals surface area contributed by atoms with Crippen LogP contribution < -0.4 is 0 Å². The van der Waals surface area contributed by atoms with Crippen molar-refractivity contribution in [1.82, 2.24) is 0 Å². The third-order valence-electron chi connectivity index (χ3n) is 3.56. The second-order valence-corrected chi connectivity index (χ2v) is 7.51. The van der Waals surface area contributed by atoms with Crippen LogP contribution in [0.3, 0.4) is 0 Å². The van der Waals surface area contributed by atoms with Crippen molar-refractivity contribution in [3.05, 3.63) is 42.5 Å². The highest BCUT2D eigenvalue weighted by Gasteiger charge is 2.10. The molecule has 21 heavy (non-hydrogen) atoms. The van der Waals surface area contributed by atoms with Crippen LogP contribution in [0.2, 0.25) is 0 Å². The largest absolute Gasteiger partial charge is 0.223 e. The topological polar surface area (TPSA) is 34.1 Å². The molecule has 3 heteroatoms. The monoisotopic (exact) mass is 308 g/mol. The van der Waals surface area contributed by atoms with Crippen LogP contribution in [0.1, 0.15) is 58.3 Å². The minimum atomic E-state index is -3.15. The zero-order valence-corrected chi connectivity index (χ0v) is 13.9. The first-order valence-corrected chi connectivity index (χ1v) is 9.75. The summed E-state index contributed by atoms with van der Waals surface area (Å²) in [4.78, 5) is 0.408. The molecular weight excluding hydrogens is 280 g/mol. The molecule has 0 aromatic heterocycles. The molecule has 1 aromatic rings. The lowest BCUT2D eigenvalue weighted by molar-refractivity contribution is 0.591. The highest BCUT2D eigenvalue weighted by atomic mass is 32.2. The van der Waals surface area contributed by atoms with Crippen LogP contribution in [0, 0.1) is 0 Å². The van der Waals surface area contributed by atoms with E-state index in [4.69, 9.17) is 0 Å². The maximum Gasteiger partial charge on any atom is 0.181 e. The number of sulfone groups is 1. The SMILES string of the molecule is CCCCCCCCC/C=C/CS(=O)(=O)c1ccccc1. The molecule has 0 atom stereocenters. The Labute approximate surface area is 130 Å². The Hall–Kier alpha value is -1.09. The van der Waals surface area contributed by atoms with Gasteiger partial charge in [0.05, 0.1) is 10.6 Å². The summed E-state index contributed by atoms with van der Waals surface area (Å²) in [6.07, 6.45) is 13.8. The van der Waals surface area contributed by atoms with Crippen molar-refractivity contribution in [2.45, 2.75) is 63.2 Å². The molecule has 0 amide bonds. The first-order valence-electron chi connectivity index (χ1n) is 8.09. The first-order chi connectivity index (χ1) is 10.2. The number of hydrogen-bond acceptors (Lipinski definition) is 2. The van der Waals surface area contributed by atoms with Gasteiger partial charge in [0.2, 0.25) is 0 Å². The summed E-state index contributed by atoms with van der Waals surface area (Å²) in [7, 11) is -3.15. The number of rotatable bonds is 11. The predicted octanol–water partition coefficient (Wildman–Crippen LogP) is 5.16. The summed E-state index contributed by atoms with van der Waals surface area (Å²) in [5, 5.41) is 0. The Morgan fingerprint density at radius 1 is 0.857 bits per heavy atom. The quantitative estimate of drug-likeness (QED) is 0.418. The molecule has 118 valence electrons. The zero-order chi connectivity index (χ0) is 15.4. The summed E-state index contributed by atoms with van der Waals surface area (Å²) in [6.45, 7) is 2.23. The Balaban J connectivity index is 2.15. The minimum Gasteiger partial charge on any atom is -0.223 e. The van der Waals surface area contributed by atoms with Crippen LogP contribution in [-0.2, 0) is 9.84 Å². The fourth-order valence-electron chi connectivity index (χ4n) is 2.26. The van der Waals surface area contributed by atoms with E-state index in [0.717, 1.165) is 12.8 Å². The molecule has 0 saturated heterocycles. The molecule has 0 spiro atoms. The van der Waals surface area contributed by atoms with E-state index >= 15 is 0 Å². The molecule has 0 heterocycles. The lowest BCUT2D eigenvalue weighted by Crippen LogP contribution is -2.04. The molecule has 0 aliphatic heterocycles. The number of hydrogen-bond donors (Lipinski definition) is 0. The lowest BCUT2D eigenvalue weighted by atomic mass is 10.1. The molecule has 0 aliphatic rings. The summed E-state index contributed by atoms with van der Waals surface area (Å²) in [5.41, 5.74) is 0. The molecule has 0 radical (unpaired) electrons. The summed E-state index contributed by atoms with van der Waals surface area (Å²) in [5.74, 6) is 0.105. The van der Waals surface area contributed by atoms with Crippen LogP contribution in [-0.4, -0.2) is 14.2 Å². The van der Waals surface area contributed by atoms with Gasteiger partial charge in [-0.2, -0.15) is 0 Å². The van der Waals surface area contributed by atoms with E-state index in [1.165, 1.54) is 38.5 Å². The zero-order valence-electron chi connectivity index (χ0n) is 13.1. The smallest absolute Gasteiger partial charge is 0.181 e. The van der Waals surface area contributed by atoms with Gasteiger partial charge >= 0.3 is 0 Å². The van der Waals surface area contributed by atoms with E-state index in [2.05, 4.69) is 6.92 Å². The normalized spacial score (nSPS) is 12.0. The van der Waals surface area contributed by atoms with Crippen molar-refractivity contribution in [2.24, 2.45) is 0 Å². The van der Waals surface area contributed by atoms with Crippen molar-refractivity contribution >= 4 is 9.84 Å². The molecule has 1 rings (SSSR count). The average molecular weight is 308 g/mol.